The van der Waals surface area contributed by atoms with E-state index in [4.69, 9.17) is 9.84 Å². The first-order chi connectivity index (χ1) is 15.7. The predicted molar refractivity (Wildman–Crippen MR) is 125 cm³/mol. The normalized spacial score (nSPS) is 15.1. The molecule has 1 amide bonds. The number of nitrogens with zero attached hydrogens (tertiary/aromatic N) is 3. The Kier molecular flexibility index (Phi) is 5.23. The van der Waals surface area contributed by atoms with Crippen molar-refractivity contribution < 1.29 is 9.53 Å². The van der Waals surface area contributed by atoms with Gasteiger partial charge in [0, 0.05) is 24.7 Å². The molecule has 1 aliphatic rings. The van der Waals surface area contributed by atoms with Gasteiger partial charge in [0.25, 0.3) is 5.91 Å². The summed E-state index contributed by atoms with van der Waals surface area (Å²) in [5.41, 5.74) is 5.77. The van der Waals surface area contributed by atoms with Gasteiger partial charge in [0.2, 0.25) is 0 Å². The molecule has 0 bridgehead atoms. The summed E-state index contributed by atoms with van der Waals surface area (Å²) in [4.78, 5) is 15.6. The molecule has 2 heterocycles. The lowest BCUT2D eigenvalue weighted by Gasteiger charge is -2.26. The molecule has 0 radical (unpaired) electrons. The molecule has 5 rings (SSSR count). The highest BCUT2D eigenvalue weighted by molar-refractivity contribution is 6.00. The van der Waals surface area contributed by atoms with Gasteiger partial charge in [-0.1, -0.05) is 60.7 Å². The summed E-state index contributed by atoms with van der Waals surface area (Å²) in [6, 6.07) is 28.2. The molecular weight excluding hydrogens is 398 g/mol. The molecule has 0 N–H and O–H groups in total. The quantitative estimate of drug-likeness (QED) is 0.444. The third kappa shape index (κ3) is 3.46. The maximum absolute atomic E-state index is 13.6. The minimum Gasteiger partial charge on any atom is -0.497 e. The molecule has 0 fully saturated rings. The Labute approximate surface area is 187 Å². The van der Waals surface area contributed by atoms with Crippen LogP contribution in [0, 0.1) is 0 Å². The fourth-order valence-electron chi connectivity index (χ4n) is 4.53. The van der Waals surface area contributed by atoms with E-state index in [2.05, 4.69) is 24.3 Å². The lowest BCUT2D eigenvalue weighted by molar-refractivity contribution is 0.0742. The van der Waals surface area contributed by atoms with Crippen LogP contribution in [0.15, 0.2) is 84.9 Å². The largest absolute Gasteiger partial charge is 0.497 e. The smallest absolute Gasteiger partial charge is 0.273 e. The summed E-state index contributed by atoms with van der Waals surface area (Å²) < 4.78 is 7.05. The molecule has 5 heteroatoms. The van der Waals surface area contributed by atoms with Crippen LogP contribution in [0.1, 0.15) is 33.2 Å². The Morgan fingerprint density at radius 1 is 0.906 bits per heavy atom. The second-order valence-electron chi connectivity index (χ2n) is 8.01. The first-order valence-corrected chi connectivity index (χ1v) is 10.8. The highest BCUT2D eigenvalue weighted by atomic mass is 16.5. The number of carbonyl (C=O) groups is 1. The number of hydrogen-bond donors (Lipinski definition) is 0. The topological polar surface area (TPSA) is 47.4 Å². The number of methoxy groups -OCH3 is 1. The zero-order valence-corrected chi connectivity index (χ0v) is 18.2. The highest BCUT2D eigenvalue weighted by Crippen LogP contribution is 2.43. The molecule has 0 saturated carbocycles. The van der Waals surface area contributed by atoms with E-state index in [-0.39, 0.29) is 11.9 Å². The Bertz CT molecular complexity index is 1230. The van der Waals surface area contributed by atoms with Gasteiger partial charge in [-0.2, -0.15) is 5.10 Å². The van der Waals surface area contributed by atoms with Gasteiger partial charge < -0.3 is 9.64 Å². The van der Waals surface area contributed by atoms with Crippen molar-refractivity contribution >= 4 is 5.91 Å². The molecule has 1 atom stereocenters. The maximum Gasteiger partial charge on any atom is 0.273 e. The van der Waals surface area contributed by atoms with Crippen molar-refractivity contribution in [1.29, 1.82) is 0 Å². The highest BCUT2D eigenvalue weighted by Gasteiger charge is 2.43. The monoisotopic (exact) mass is 423 g/mol. The molecule has 4 aromatic rings. The Balaban J connectivity index is 1.59. The van der Waals surface area contributed by atoms with Crippen LogP contribution in [0.5, 0.6) is 5.75 Å². The van der Waals surface area contributed by atoms with E-state index in [1.54, 1.807) is 11.8 Å². The number of aromatic nitrogens is 2. The second-order valence-corrected chi connectivity index (χ2v) is 8.01. The fourth-order valence-corrected chi connectivity index (χ4v) is 4.53. The second kappa shape index (κ2) is 8.35. The van der Waals surface area contributed by atoms with Crippen molar-refractivity contribution in [3.63, 3.8) is 0 Å². The van der Waals surface area contributed by atoms with Crippen LogP contribution in [0.25, 0.3) is 11.3 Å². The summed E-state index contributed by atoms with van der Waals surface area (Å²) in [5, 5.41) is 4.77. The maximum atomic E-state index is 13.6. The zero-order chi connectivity index (χ0) is 22.1. The van der Waals surface area contributed by atoms with E-state index in [9.17, 15) is 4.79 Å². The number of amides is 1. The third-order valence-electron chi connectivity index (χ3n) is 6.10. The van der Waals surface area contributed by atoms with Crippen molar-refractivity contribution in [2.24, 2.45) is 7.05 Å². The van der Waals surface area contributed by atoms with Gasteiger partial charge in [0.15, 0.2) is 0 Å². The first-order valence-electron chi connectivity index (χ1n) is 10.8. The average molecular weight is 424 g/mol. The van der Waals surface area contributed by atoms with Crippen molar-refractivity contribution in [2.45, 2.75) is 12.5 Å². The Morgan fingerprint density at radius 3 is 2.22 bits per heavy atom. The predicted octanol–water partition coefficient (Wildman–Crippen LogP) is 4.88. The average Bonchev–Trinajstić information content (AvgIpc) is 3.33. The molecule has 3 aromatic carbocycles. The van der Waals surface area contributed by atoms with Gasteiger partial charge in [-0.05, 0) is 41.8 Å². The van der Waals surface area contributed by atoms with Crippen LogP contribution in [-0.2, 0) is 13.5 Å². The number of aryl methyl sites for hydroxylation is 1. The van der Waals surface area contributed by atoms with Crippen LogP contribution < -0.4 is 4.74 Å². The van der Waals surface area contributed by atoms with Crippen LogP contribution in [0.2, 0.25) is 0 Å². The summed E-state index contributed by atoms with van der Waals surface area (Å²) in [6.45, 7) is 0.638. The summed E-state index contributed by atoms with van der Waals surface area (Å²) >= 11 is 0. The van der Waals surface area contributed by atoms with E-state index < -0.39 is 0 Å². The SMILES string of the molecule is COc1ccc(-c2nn(C)c3c2C(c2ccccc2)N(CCc2ccccc2)C3=O)cc1. The number of benzene rings is 3. The summed E-state index contributed by atoms with van der Waals surface area (Å²) in [6.07, 6.45) is 0.801. The number of fused-ring (bicyclic) bond motifs is 1. The minimum atomic E-state index is -0.173. The summed E-state index contributed by atoms with van der Waals surface area (Å²) in [5.74, 6) is 0.820. The van der Waals surface area contributed by atoms with Gasteiger partial charge in [0.1, 0.15) is 11.4 Å². The molecule has 0 spiro atoms. The van der Waals surface area contributed by atoms with Crippen LogP contribution in [0.3, 0.4) is 0 Å². The molecule has 160 valence electrons. The molecule has 1 aliphatic heterocycles. The van der Waals surface area contributed by atoms with Crippen molar-refractivity contribution in [1.82, 2.24) is 14.7 Å². The first kappa shape index (κ1) is 20.1. The minimum absolute atomic E-state index is 0.0274. The number of rotatable bonds is 6. The lowest BCUT2D eigenvalue weighted by Crippen LogP contribution is -2.32. The van der Waals surface area contributed by atoms with Gasteiger partial charge in [-0.15, -0.1) is 0 Å². The standard InChI is InChI=1S/C27H25N3O2/c1-29-26-23(24(28-29)20-13-15-22(32-2)16-14-20)25(21-11-7-4-8-12-21)30(27(26)31)18-17-19-9-5-3-6-10-19/h3-16,25H,17-18H2,1-2H3. The van der Waals surface area contributed by atoms with Crippen LogP contribution in [0.4, 0.5) is 0 Å². The van der Waals surface area contributed by atoms with Crippen LogP contribution >= 0.6 is 0 Å². The van der Waals surface area contributed by atoms with Crippen molar-refractivity contribution in [3.8, 4) is 17.0 Å². The zero-order valence-electron chi connectivity index (χ0n) is 18.2. The van der Waals surface area contributed by atoms with E-state index in [1.165, 1.54) is 5.56 Å². The van der Waals surface area contributed by atoms with E-state index >= 15 is 0 Å². The van der Waals surface area contributed by atoms with Gasteiger partial charge in [-0.3, -0.25) is 9.48 Å². The third-order valence-corrected chi connectivity index (χ3v) is 6.10. The van der Waals surface area contributed by atoms with E-state index in [0.29, 0.717) is 12.2 Å². The molecule has 1 unspecified atom stereocenters. The number of carbonyl (C=O) groups excluding carboxylic acids is 1. The molecule has 0 saturated heterocycles. The van der Waals surface area contributed by atoms with Gasteiger partial charge >= 0.3 is 0 Å². The fraction of sp³-hybridized carbons (Fsp3) is 0.185. The number of ether oxygens (including phenoxy) is 1. The lowest BCUT2D eigenvalue weighted by atomic mass is 9.96. The van der Waals surface area contributed by atoms with Crippen molar-refractivity contribution in [3.05, 3.63) is 107 Å². The molecular formula is C27H25N3O2. The molecule has 0 aliphatic carbocycles. The van der Waals surface area contributed by atoms with Crippen LogP contribution in [-0.4, -0.2) is 34.2 Å². The van der Waals surface area contributed by atoms with Crippen molar-refractivity contribution in [2.75, 3.05) is 13.7 Å². The Morgan fingerprint density at radius 2 is 1.56 bits per heavy atom. The Hall–Kier alpha value is -3.86. The molecule has 1 aromatic heterocycles. The molecule has 5 nitrogen and oxygen atoms in total. The van der Waals surface area contributed by atoms with E-state index in [0.717, 1.165) is 34.6 Å². The number of hydrogen-bond acceptors (Lipinski definition) is 3. The van der Waals surface area contributed by atoms with Gasteiger partial charge in [-0.25, -0.2) is 0 Å². The molecule has 32 heavy (non-hydrogen) atoms. The van der Waals surface area contributed by atoms with Gasteiger partial charge in [0.05, 0.1) is 18.8 Å². The summed E-state index contributed by atoms with van der Waals surface area (Å²) in [7, 11) is 3.51. The van der Waals surface area contributed by atoms with E-state index in [1.807, 2.05) is 72.6 Å².